The minimum Gasteiger partial charge on any atom is -0.497 e. The highest BCUT2D eigenvalue weighted by Gasteiger charge is 2.06. The highest BCUT2D eigenvalue weighted by Crippen LogP contribution is 2.24. The van der Waals surface area contributed by atoms with E-state index in [1.807, 2.05) is 25.1 Å². The number of hydrogen-bond acceptors (Lipinski definition) is 4. The summed E-state index contributed by atoms with van der Waals surface area (Å²) in [7, 11) is 3.28. The second-order valence-electron chi connectivity index (χ2n) is 3.54. The molecule has 0 fully saturated rings. The standard InChI is InChI=1S/C12H19NO3/c1-9(14-2)8-16-12-6-11(15-3)5-4-10(12)7-13/h4-6,9H,7-8,13H2,1-3H3. The first-order valence-electron chi connectivity index (χ1n) is 5.23. The fourth-order valence-electron chi connectivity index (χ4n) is 1.24. The molecule has 1 aromatic carbocycles. The summed E-state index contributed by atoms with van der Waals surface area (Å²) in [5, 5.41) is 0. The molecule has 0 aliphatic carbocycles. The summed E-state index contributed by atoms with van der Waals surface area (Å²) < 4.78 is 15.9. The minimum absolute atomic E-state index is 0.0526. The maximum Gasteiger partial charge on any atom is 0.127 e. The Labute approximate surface area is 96.3 Å². The molecular formula is C12H19NO3. The zero-order chi connectivity index (χ0) is 12.0. The van der Waals surface area contributed by atoms with Crippen molar-refractivity contribution in [2.24, 2.45) is 5.73 Å². The monoisotopic (exact) mass is 225 g/mol. The molecule has 0 spiro atoms. The van der Waals surface area contributed by atoms with Crippen molar-refractivity contribution in [2.45, 2.75) is 19.6 Å². The number of rotatable bonds is 6. The highest BCUT2D eigenvalue weighted by atomic mass is 16.5. The van der Waals surface area contributed by atoms with Gasteiger partial charge in [-0.2, -0.15) is 0 Å². The van der Waals surface area contributed by atoms with Crippen LogP contribution in [0, 0.1) is 0 Å². The van der Waals surface area contributed by atoms with Gasteiger partial charge in [-0.3, -0.25) is 0 Å². The lowest BCUT2D eigenvalue weighted by atomic mass is 10.2. The van der Waals surface area contributed by atoms with Crippen LogP contribution >= 0.6 is 0 Å². The van der Waals surface area contributed by atoms with Crippen molar-refractivity contribution < 1.29 is 14.2 Å². The molecule has 4 nitrogen and oxygen atoms in total. The molecule has 0 aliphatic heterocycles. The van der Waals surface area contributed by atoms with Gasteiger partial charge in [-0.05, 0) is 13.0 Å². The van der Waals surface area contributed by atoms with E-state index in [2.05, 4.69) is 0 Å². The predicted octanol–water partition coefficient (Wildman–Crippen LogP) is 1.57. The van der Waals surface area contributed by atoms with Crippen LogP contribution in [0.3, 0.4) is 0 Å². The third kappa shape index (κ3) is 3.40. The molecule has 0 saturated carbocycles. The first-order valence-corrected chi connectivity index (χ1v) is 5.23. The summed E-state index contributed by atoms with van der Waals surface area (Å²) in [5.41, 5.74) is 6.59. The van der Waals surface area contributed by atoms with Crippen LogP contribution in [-0.4, -0.2) is 26.9 Å². The molecule has 0 heterocycles. The van der Waals surface area contributed by atoms with Gasteiger partial charge < -0.3 is 19.9 Å². The van der Waals surface area contributed by atoms with Crippen molar-refractivity contribution in [1.29, 1.82) is 0 Å². The van der Waals surface area contributed by atoms with Crippen LogP contribution in [0.15, 0.2) is 18.2 Å². The Kier molecular flexibility index (Phi) is 5.08. The van der Waals surface area contributed by atoms with Crippen molar-refractivity contribution in [3.8, 4) is 11.5 Å². The summed E-state index contributed by atoms with van der Waals surface area (Å²) in [6, 6.07) is 5.62. The van der Waals surface area contributed by atoms with Crippen LogP contribution in [-0.2, 0) is 11.3 Å². The first kappa shape index (κ1) is 12.8. The van der Waals surface area contributed by atoms with Crippen LogP contribution in [0.5, 0.6) is 11.5 Å². The summed E-state index contributed by atoms with van der Waals surface area (Å²) in [6.45, 7) is 2.89. The van der Waals surface area contributed by atoms with E-state index in [-0.39, 0.29) is 6.10 Å². The molecule has 0 bridgehead atoms. The van der Waals surface area contributed by atoms with Gasteiger partial charge in [0.05, 0.1) is 13.2 Å². The largest absolute Gasteiger partial charge is 0.497 e. The lowest BCUT2D eigenvalue weighted by Gasteiger charge is -2.14. The van der Waals surface area contributed by atoms with Crippen molar-refractivity contribution >= 4 is 0 Å². The Bertz CT molecular complexity index is 328. The van der Waals surface area contributed by atoms with Gasteiger partial charge in [-0.25, -0.2) is 0 Å². The quantitative estimate of drug-likeness (QED) is 0.798. The Morgan fingerprint density at radius 3 is 2.62 bits per heavy atom. The molecule has 0 aromatic heterocycles. The Morgan fingerprint density at radius 1 is 1.31 bits per heavy atom. The Balaban J connectivity index is 2.75. The maximum absolute atomic E-state index is 5.64. The number of nitrogens with two attached hydrogens (primary N) is 1. The van der Waals surface area contributed by atoms with E-state index in [9.17, 15) is 0 Å². The average molecular weight is 225 g/mol. The SMILES string of the molecule is COc1ccc(CN)c(OCC(C)OC)c1. The number of methoxy groups -OCH3 is 2. The smallest absolute Gasteiger partial charge is 0.127 e. The molecule has 2 N–H and O–H groups in total. The third-order valence-corrected chi connectivity index (χ3v) is 2.37. The van der Waals surface area contributed by atoms with Crippen LogP contribution < -0.4 is 15.2 Å². The fraction of sp³-hybridized carbons (Fsp3) is 0.500. The molecule has 0 radical (unpaired) electrons. The number of ether oxygens (including phenoxy) is 3. The van der Waals surface area contributed by atoms with E-state index in [0.29, 0.717) is 13.2 Å². The first-order chi connectivity index (χ1) is 7.71. The molecule has 16 heavy (non-hydrogen) atoms. The molecule has 1 rings (SSSR count). The molecule has 1 aromatic rings. The molecule has 0 amide bonds. The summed E-state index contributed by atoms with van der Waals surface area (Å²) in [5.74, 6) is 1.52. The van der Waals surface area contributed by atoms with Crippen LogP contribution in [0.4, 0.5) is 0 Å². The second kappa shape index (κ2) is 6.35. The number of hydrogen-bond donors (Lipinski definition) is 1. The summed E-state index contributed by atoms with van der Waals surface area (Å²) >= 11 is 0. The van der Waals surface area contributed by atoms with E-state index in [1.54, 1.807) is 14.2 Å². The summed E-state index contributed by atoms with van der Waals surface area (Å²) in [4.78, 5) is 0. The van der Waals surface area contributed by atoms with Crippen molar-refractivity contribution in [1.82, 2.24) is 0 Å². The predicted molar refractivity (Wildman–Crippen MR) is 62.9 cm³/mol. The fourth-order valence-corrected chi connectivity index (χ4v) is 1.24. The highest BCUT2D eigenvalue weighted by molar-refractivity contribution is 5.40. The summed E-state index contributed by atoms with van der Waals surface area (Å²) in [6.07, 6.45) is 0.0526. The molecule has 0 aliphatic rings. The Hall–Kier alpha value is -1.26. The lowest BCUT2D eigenvalue weighted by molar-refractivity contribution is 0.0712. The van der Waals surface area contributed by atoms with Gasteiger partial charge in [0, 0.05) is 25.3 Å². The van der Waals surface area contributed by atoms with Gasteiger partial charge in [0.25, 0.3) is 0 Å². The average Bonchev–Trinajstić information content (AvgIpc) is 2.35. The van der Waals surface area contributed by atoms with E-state index in [4.69, 9.17) is 19.9 Å². The molecule has 90 valence electrons. The molecule has 4 heteroatoms. The van der Waals surface area contributed by atoms with Crippen molar-refractivity contribution in [2.75, 3.05) is 20.8 Å². The third-order valence-electron chi connectivity index (χ3n) is 2.37. The zero-order valence-electron chi connectivity index (χ0n) is 10.0. The van der Waals surface area contributed by atoms with E-state index >= 15 is 0 Å². The molecule has 0 saturated heterocycles. The molecular weight excluding hydrogens is 206 g/mol. The molecule has 1 atom stereocenters. The normalized spacial score (nSPS) is 12.2. The van der Waals surface area contributed by atoms with Gasteiger partial charge in [0.2, 0.25) is 0 Å². The van der Waals surface area contributed by atoms with Gasteiger partial charge in [-0.15, -0.1) is 0 Å². The Morgan fingerprint density at radius 2 is 2.06 bits per heavy atom. The van der Waals surface area contributed by atoms with Crippen molar-refractivity contribution in [3.63, 3.8) is 0 Å². The molecule has 1 unspecified atom stereocenters. The van der Waals surface area contributed by atoms with Crippen LogP contribution in [0.1, 0.15) is 12.5 Å². The van der Waals surface area contributed by atoms with Crippen LogP contribution in [0.25, 0.3) is 0 Å². The van der Waals surface area contributed by atoms with Crippen molar-refractivity contribution in [3.05, 3.63) is 23.8 Å². The zero-order valence-corrected chi connectivity index (χ0v) is 10.0. The van der Waals surface area contributed by atoms with E-state index < -0.39 is 0 Å². The number of benzene rings is 1. The topological polar surface area (TPSA) is 53.7 Å². The van der Waals surface area contributed by atoms with Gasteiger partial charge in [0.15, 0.2) is 0 Å². The second-order valence-corrected chi connectivity index (χ2v) is 3.54. The maximum atomic E-state index is 5.64. The minimum atomic E-state index is 0.0526. The van der Waals surface area contributed by atoms with E-state index in [1.165, 1.54) is 0 Å². The van der Waals surface area contributed by atoms with Gasteiger partial charge in [-0.1, -0.05) is 6.07 Å². The van der Waals surface area contributed by atoms with Gasteiger partial charge in [0.1, 0.15) is 18.1 Å². The van der Waals surface area contributed by atoms with Gasteiger partial charge >= 0.3 is 0 Å². The van der Waals surface area contributed by atoms with E-state index in [0.717, 1.165) is 17.1 Å². The lowest BCUT2D eigenvalue weighted by Crippen LogP contribution is -2.17. The van der Waals surface area contributed by atoms with Crippen LogP contribution in [0.2, 0.25) is 0 Å².